The Morgan fingerprint density at radius 1 is 1.36 bits per heavy atom. The number of H-pyrrole nitrogens is 1. The molecule has 4 heteroatoms. The standard InChI is InChI=1S/C10H15N3S/c1-8-7-9(14)12-10(11-8)13-5-3-2-4-6-13/h7H,2-6H2,1H3,(H,11,12,14). The molecule has 1 aliphatic rings. The van der Waals surface area contributed by atoms with Crippen LogP contribution >= 0.6 is 12.2 Å². The molecule has 0 bridgehead atoms. The molecule has 14 heavy (non-hydrogen) atoms. The van der Waals surface area contributed by atoms with Gasteiger partial charge in [0.2, 0.25) is 5.95 Å². The third-order valence-corrected chi connectivity index (χ3v) is 2.73. The predicted molar refractivity (Wildman–Crippen MR) is 60.2 cm³/mol. The van der Waals surface area contributed by atoms with Crippen molar-refractivity contribution in [1.29, 1.82) is 0 Å². The number of anilines is 1. The second-order valence-corrected chi connectivity index (χ2v) is 4.19. The Morgan fingerprint density at radius 2 is 2.07 bits per heavy atom. The molecule has 0 aromatic carbocycles. The normalized spacial score (nSPS) is 17.1. The van der Waals surface area contributed by atoms with Gasteiger partial charge in [0, 0.05) is 18.8 Å². The van der Waals surface area contributed by atoms with Crippen molar-refractivity contribution in [3.8, 4) is 0 Å². The minimum absolute atomic E-state index is 0.682. The molecule has 0 unspecified atom stereocenters. The lowest BCUT2D eigenvalue weighted by Crippen LogP contribution is -2.31. The van der Waals surface area contributed by atoms with Gasteiger partial charge < -0.3 is 9.88 Å². The van der Waals surface area contributed by atoms with Gasteiger partial charge in [-0.05, 0) is 32.3 Å². The fourth-order valence-corrected chi connectivity index (χ4v) is 2.08. The van der Waals surface area contributed by atoms with Crippen LogP contribution in [0.3, 0.4) is 0 Å². The van der Waals surface area contributed by atoms with Crippen LogP contribution in [0.4, 0.5) is 5.95 Å². The van der Waals surface area contributed by atoms with Crippen molar-refractivity contribution < 1.29 is 0 Å². The van der Waals surface area contributed by atoms with E-state index in [1.807, 2.05) is 13.0 Å². The van der Waals surface area contributed by atoms with E-state index < -0.39 is 0 Å². The lowest BCUT2D eigenvalue weighted by atomic mass is 10.1. The molecule has 76 valence electrons. The highest BCUT2D eigenvalue weighted by molar-refractivity contribution is 7.71. The van der Waals surface area contributed by atoms with Crippen LogP contribution in [0.1, 0.15) is 25.0 Å². The molecule has 0 saturated carbocycles. The first-order valence-electron chi connectivity index (χ1n) is 5.08. The van der Waals surface area contributed by atoms with Crippen molar-refractivity contribution >= 4 is 18.2 Å². The number of hydrogen-bond donors (Lipinski definition) is 1. The second kappa shape index (κ2) is 4.09. The van der Waals surface area contributed by atoms with Crippen LogP contribution < -0.4 is 4.90 Å². The summed E-state index contributed by atoms with van der Waals surface area (Å²) < 4.78 is 0.682. The summed E-state index contributed by atoms with van der Waals surface area (Å²) in [6.45, 7) is 4.22. The highest BCUT2D eigenvalue weighted by Gasteiger charge is 2.12. The summed E-state index contributed by atoms with van der Waals surface area (Å²) in [7, 11) is 0. The quantitative estimate of drug-likeness (QED) is 0.721. The van der Waals surface area contributed by atoms with Gasteiger partial charge in [-0.3, -0.25) is 0 Å². The van der Waals surface area contributed by atoms with Crippen molar-refractivity contribution in [3.63, 3.8) is 0 Å². The van der Waals surface area contributed by atoms with E-state index in [-0.39, 0.29) is 0 Å². The molecule has 2 heterocycles. The van der Waals surface area contributed by atoms with Gasteiger partial charge in [-0.15, -0.1) is 0 Å². The van der Waals surface area contributed by atoms with Crippen molar-refractivity contribution in [2.75, 3.05) is 18.0 Å². The fourth-order valence-electron chi connectivity index (χ4n) is 1.82. The molecule has 1 N–H and O–H groups in total. The lowest BCUT2D eigenvalue weighted by Gasteiger charge is -2.27. The molecule has 2 rings (SSSR count). The zero-order chi connectivity index (χ0) is 9.97. The number of aromatic nitrogens is 2. The summed E-state index contributed by atoms with van der Waals surface area (Å²) in [6.07, 6.45) is 3.86. The van der Waals surface area contributed by atoms with Crippen molar-refractivity contribution in [2.45, 2.75) is 26.2 Å². The van der Waals surface area contributed by atoms with Crippen LogP contribution in [0.25, 0.3) is 0 Å². The first kappa shape index (κ1) is 9.65. The first-order chi connectivity index (χ1) is 6.75. The smallest absolute Gasteiger partial charge is 0.204 e. The minimum Gasteiger partial charge on any atom is -0.342 e. The van der Waals surface area contributed by atoms with E-state index in [4.69, 9.17) is 12.2 Å². The summed E-state index contributed by atoms with van der Waals surface area (Å²) in [5.41, 5.74) is 1.09. The zero-order valence-corrected chi connectivity index (χ0v) is 9.23. The SMILES string of the molecule is Cc1cc(=S)nc(N2CCCCC2)[nH]1. The third kappa shape index (κ3) is 2.12. The maximum absolute atomic E-state index is 5.10. The topological polar surface area (TPSA) is 31.9 Å². The molecular weight excluding hydrogens is 194 g/mol. The van der Waals surface area contributed by atoms with Crippen LogP contribution in [-0.4, -0.2) is 23.1 Å². The Hall–Kier alpha value is -0.900. The Morgan fingerprint density at radius 3 is 2.71 bits per heavy atom. The van der Waals surface area contributed by atoms with Gasteiger partial charge in [0.1, 0.15) is 4.64 Å². The maximum Gasteiger partial charge on any atom is 0.204 e. The Labute approximate surface area is 89.2 Å². The molecule has 1 saturated heterocycles. The van der Waals surface area contributed by atoms with Gasteiger partial charge in [0.15, 0.2) is 0 Å². The van der Waals surface area contributed by atoms with Gasteiger partial charge in [-0.25, -0.2) is 4.98 Å². The largest absolute Gasteiger partial charge is 0.342 e. The average molecular weight is 209 g/mol. The molecule has 0 amide bonds. The van der Waals surface area contributed by atoms with Gasteiger partial charge in [0.05, 0.1) is 0 Å². The fraction of sp³-hybridized carbons (Fsp3) is 0.600. The number of piperidine rings is 1. The summed E-state index contributed by atoms with van der Waals surface area (Å²) in [4.78, 5) is 9.89. The van der Waals surface area contributed by atoms with Gasteiger partial charge >= 0.3 is 0 Å². The van der Waals surface area contributed by atoms with Crippen LogP contribution in [0, 0.1) is 11.6 Å². The van der Waals surface area contributed by atoms with E-state index >= 15 is 0 Å². The van der Waals surface area contributed by atoms with Crippen molar-refractivity contribution in [1.82, 2.24) is 9.97 Å². The van der Waals surface area contributed by atoms with E-state index in [1.165, 1.54) is 19.3 Å². The molecule has 0 aliphatic carbocycles. The number of nitrogens with one attached hydrogen (secondary N) is 1. The number of rotatable bonds is 1. The molecule has 0 atom stereocenters. The zero-order valence-electron chi connectivity index (χ0n) is 8.42. The molecule has 1 fully saturated rings. The summed E-state index contributed by atoms with van der Waals surface area (Å²) in [5.74, 6) is 0.940. The van der Waals surface area contributed by atoms with Gasteiger partial charge in [-0.1, -0.05) is 12.2 Å². The number of aryl methyl sites for hydroxylation is 1. The van der Waals surface area contributed by atoms with E-state index in [1.54, 1.807) is 0 Å². The van der Waals surface area contributed by atoms with E-state index in [2.05, 4.69) is 14.9 Å². The second-order valence-electron chi connectivity index (χ2n) is 3.77. The van der Waals surface area contributed by atoms with E-state index in [0.29, 0.717) is 4.64 Å². The highest BCUT2D eigenvalue weighted by Crippen LogP contribution is 2.15. The van der Waals surface area contributed by atoms with E-state index in [9.17, 15) is 0 Å². The summed E-state index contributed by atoms with van der Waals surface area (Å²) >= 11 is 5.10. The van der Waals surface area contributed by atoms with Crippen LogP contribution in [0.2, 0.25) is 0 Å². The Bertz CT molecular complexity index is 366. The Balaban J connectivity index is 2.26. The average Bonchev–Trinajstić information content (AvgIpc) is 2.18. The highest BCUT2D eigenvalue weighted by atomic mass is 32.1. The van der Waals surface area contributed by atoms with Gasteiger partial charge in [-0.2, -0.15) is 0 Å². The molecule has 1 aliphatic heterocycles. The number of aromatic amines is 1. The molecule has 1 aromatic heterocycles. The van der Waals surface area contributed by atoms with Crippen LogP contribution in [0.15, 0.2) is 6.07 Å². The monoisotopic (exact) mass is 209 g/mol. The molecule has 0 spiro atoms. The first-order valence-corrected chi connectivity index (χ1v) is 5.49. The molecule has 1 aromatic rings. The maximum atomic E-state index is 5.10. The predicted octanol–water partition coefficient (Wildman–Crippen LogP) is 2.44. The van der Waals surface area contributed by atoms with Crippen molar-refractivity contribution in [3.05, 3.63) is 16.4 Å². The number of hydrogen-bond acceptors (Lipinski definition) is 3. The van der Waals surface area contributed by atoms with Crippen LogP contribution in [0.5, 0.6) is 0 Å². The van der Waals surface area contributed by atoms with Crippen LogP contribution in [-0.2, 0) is 0 Å². The number of nitrogens with zero attached hydrogens (tertiary/aromatic N) is 2. The minimum atomic E-state index is 0.682. The molecular formula is C10H15N3S. The molecule has 3 nitrogen and oxygen atoms in total. The van der Waals surface area contributed by atoms with Crippen molar-refractivity contribution in [2.24, 2.45) is 0 Å². The summed E-state index contributed by atoms with van der Waals surface area (Å²) in [6, 6.07) is 1.89. The summed E-state index contributed by atoms with van der Waals surface area (Å²) in [5, 5.41) is 0. The van der Waals surface area contributed by atoms with Gasteiger partial charge in [0.25, 0.3) is 0 Å². The third-order valence-electron chi connectivity index (χ3n) is 2.52. The Kier molecular flexibility index (Phi) is 2.82. The lowest BCUT2D eigenvalue weighted by molar-refractivity contribution is 0.567. The van der Waals surface area contributed by atoms with E-state index in [0.717, 1.165) is 24.7 Å². The molecule has 0 radical (unpaired) electrons.